The van der Waals surface area contributed by atoms with Crippen LogP contribution in [0.2, 0.25) is 0 Å². The molecule has 2 unspecified atom stereocenters. The number of ether oxygens (including phenoxy) is 1. The molecule has 1 rings (SSSR count). The Morgan fingerprint density at radius 1 is 1.30 bits per heavy atom. The number of alkyl halides is 4. The summed E-state index contributed by atoms with van der Waals surface area (Å²) in [5, 5.41) is 12.4. The second-order valence-electron chi connectivity index (χ2n) is 4.29. The van der Waals surface area contributed by atoms with Gasteiger partial charge in [-0.15, -0.1) is 0 Å². The van der Waals surface area contributed by atoms with E-state index in [2.05, 4.69) is 5.32 Å². The topological polar surface area (TPSA) is 87.7 Å². The number of hydrogen-bond donors (Lipinski definition) is 3. The van der Waals surface area contributed by atoms with E-state index in [4.69, 9.17) is 9.84 Å². The average Bonchev–Trinajstić information content (AvgIpc) is 2.82. The van der Waals surface area contributed by atoms with E-state index >= 15 is 0 Å². The molecule has 116 valence electrons. The molecule has 1 fully saturated rings. The number of aliphatic carboxylic acids is 1. The van der Waals surface area contributed by atoms with Crippen molar-refractivity contribution >= 4 is 12.0 Å². The van der Waals surface area contributed by atoms with E-state index in [1.54, 1.807) is 5.32 Å². The molecule has 1 aliphatic rings. The van der Waals surface area contributed by atoms with Crippen LogP contribution in [0.1, 0.15) is 12.8 Å². The standard InChI is InChI=1S/C10H14F4N2O4/c11-8(12)10(13,14)4-16-9(19)15-3-5-1-2-6(20-5)7(17)18/h5-6,8H,1-4H2,(H,17,18)(H2,15,16,19). The van der Waals surface area contributed by atoms with E-state index in [1.807, 2.05) is 0 Å². The maximum atomic E-state index is 12.5. The number of halogens is 4. The Morgan fingerprint density at radius 3 is 2.45 bits per heavy atom. The fraction of sp³-hybridized carbons (Fsp3) is 0.800. The van der Waals surface area contributed by atoms with Gasteiger partial charge in [-0.25, -0.2) is 18.4 Å². The minimum Gasteiger partial charge on any atom is -0.479 e. The average molecular weight is 302 g/mol. The summed E-state index contributed by atoms with van der Waals surface area (Å²) < 4.78 is 53.7. The van der Waals surface area contributed by atoms with Crippen LogP contribution in [-0.4, -0.2) is 54.8 Å². The Balaban J connectivity index is 2.23. The van der Waals surface area contributed by atoms with Gasteiger partial charge in [-0.2, -0.15) is 8.78 Å². The lowest BCUT2D eigenvalue weighted by Gasteiger charge is -2.17. The van der Waals surface area contributed by atoms with Crippen LogP contribution in [0.3, 0.4) is 0 Å². The quantitative estimate of drug-likeness (QED) is 0.634. The molecule has 1 aliphatic heterocycles. The monoisotopic (exact) mass is 302 g/mol. The molecule has 0 radical (unpaired) electrons. The molecule has 0 spiro atoms. The van der Waals surface area contributed by atoms with Crippen LogP contribution in [0.4, 0.5) is 22.4 Å². The Hall–Kier alpha value is -1.58. The number of carbonyl (C=O) groups is 2. The largest absolute Gasteiger partial charge is 0.479 e. The van der Waals surface area contributed by atoms with Gasteiger partial charge < -0.3 is 20.5 Å². The molecule has 0 aromatic heterocycles. The molecule has 0 aliphatic carbocycles. The molecule has 0 aromatic rings. The molecule has 0 saturated carbocycles. The normalized spacial score (nSPS) is 22.9. The summed E-state index contributed by atoms with van der Waals surface area (Å²) in [6.07, 6.45) is -4.68. The molecular weight excluding hydrogens is 288 g/mol. The summed E-state index contributed by atoms with van der Waals surface area (Å²) in [6.45, 7) is -1.57. The number of hydrogen-bond acceptors (Lipinski definition) is 3. The summed E-state index contributed by atoms with van der Waals surface area (Å²) in [5.74, 6) is -5.41. The zero-order valence-corrected chi connectivity index (χ0v) is 10.2. The lowest BCUT2D eigenvalue weighted by molar-refractivity contribution is -0.149. The van der Waals surface area contributed by atoms with Gasteiger partial charge in [0.2, 0.25) is 0 Å². The maximum absolute atomic E-state index is 12.5. The van der Waals surface area contributed by atoms with Crippen molar-refractivity contribution in [2.45, 2.75) is 37.4 Å². The fourth-order valence-corrected chi connectivity index (χ4v) is 1.58. The van der Waals surface area contributed by atoms with Gasteiger partial charge in [-0.05, 0) is 12.8 Å². The third-order valence-corrected chi connectivity index (χ3v) is 2.68. The Kier molecular flexibility index (Phi) is 5.54. The molecule has 0 aromatic carbocycles. The van der Waals surface area contributed by atoms with Gasteiger partial charge in [0.05, 0.1) is 12.6 Å². The Bertz CT molecular complexity index is 367. The van der Waals surface area contributed by atoms with Gasteiger partial charge in [0, 0.05) is 6.54 Å². The highest BCUT2D eigenvalue weighted by Crippen LogP contribution is 2.21. The second-order valence-corrected chi connectivity index (χ2v) is 4.29. The van der Waals surface area contributed by atoms with E-state index < -0.39 is 43.1 Å². The Morgan fingerprint density at radius 2 is 1.95 bits per heavy atom. The van der Waals surface area contributed by atoms with Gasteiger partial charge >= 0.3 is 24.3 Å². The minimum absolute atomic E-state index is 0.0874. The first-order valence-corrected chi connectivity index (χ1v) is 5.78. The number of rotatable bonds is 6. The number of carboxylic acids is 1. The van der Waals surface area contributed by atoms with Crippen LogP contribution in [0.15, 0.2) is 0 Å². The Labute approximate surface area is 111 Å². The van der Waals surface area contributed by atoms with E-state index in [9.17, 15) is 27.2 Å². The number of nitrogens with one attached hydrogen (secondary N) is 2. The van der Waals surface area contributed by atoms with Crippen LogP contribution in [0.25, 0.3) is 0 Å². The predicted octanol–water partition coefficient (Wildman–Crippen LogP) is 0.818. The summed E-state index contributed by atoms with van der Waals surface area (Å²) in [6, 6.07) is -1.05. The van der Waals surface area contributed by atoms with Crippen molar-refractivity contribution < 1.29 is 37.0 Å². The van der Waals surface area contributed by atoms with Crippen LogP contribution < -0.4 is 10.6 Å². The lowest BCUT2D eigenvalue weighted by Crippen LogP contribution is -2.46. The second kappa shape index (κ2) is 6.73. The number of carboxylic acid groups (broad SMARTS) is 1. The smallest absolute Gasteiger partial charge is 0.332 e. The van der Waals surface area contributed by atoms with E-state index in [1.165, 1.54) is 0 Å². The first kappa shape index (κ1) is 16.5. The number of urea groups is 1. The maximum Gasteiger partial charge on any atom is 0.332 e. The zero-order valence-electron chi connectivity index (χ0n) is 10.2. The van der Waals surface area contributed by atoms with Crippen molar-refractivity contribution in [1.82, 2.24) is 10.6 Å². The van der Waals surface area contributed by atoms with Crippen molar-refractivity contribution in [3.63, 3.8) is 0 Å². The minimum atomic E-state index is -4.30. The summed E-state index contributed by atoms with van der Waals surface area (Å²) in [7, 11) is 0. The fourth-order valence-electron chi connectivity index (χ4n) is 1.58. The summed E-state index contributed by atoms with van der Waals surface area (Å²) in [5.41, 5.74) is 0. The van der Waals surface area contributed by atoms with Gasteiger partial charge in [-0.3, -0.25) is 0 Å². The molecule has 6 nitrogen and oxygen atoms in total. The molecule has 10 heteroatoms. The first-order valence-electron chi connectivity index (χ1n) is 5.78. The van der Waals surface area contributed by atoms with Crippen molar-refractivity contribution in [1.29, 1.82) is 0 Å². The molecule has 1 saturated heterocycles. The third kappa shape index (κ3) is 4.83. The van der Waals surface area contributed by atoms with Crippen molar-refractivity contribution in [2.24, 2.45) is 0 Å². The van der Waals surface area contributed by atoms with Gasteiger partial charge in [0.25, 0.3) is 0 Å². The highest BCUT2D eigenvalue weighted by Gasteiger charge is 2.40. The molecule has 2 atom stereocenters. The van der Waals surface area contributed by atoms with Crippen LogP contribution in [0, 0.1) is 0 Å². The predicted molar refractivity (Wildman–Crippen MR) is 57.9 cm³/mol. The summed E-state index contributed by atoms with van der Waals surface area (Å²) in [4.78, 5) is 21.7. The van der Waals surface area contributed by atoms with Gasteiger partial charge in [0.15, 0.2) is 6.10 Å². The number of amides is 2. The molecule has 3 N–H and O–H groups in total. The van der Waals surface area contributed by atoms with E-state index in [-0.39, 0.29) is 13.0 Å². The lowest BCUT2D eigenvalue weighted by atomic mass is 10.2. The molecule has 2 amide bonds. The van der Waals surface area contributed by atoms with E-state index in [0.29, 0.717) is 6.42 Å². The molecule has 0 bridgehead atoms. The number of carbonyl (C=O) groups excluding carboxylic acids is 1. The highest BCUT2D eigenvalue weighted by molar-refractivity contribution is 5.74. The van der Waals surface area contributed by atoms with Crippen LogP contribution >= 0.6 is 0 Å². The molecule has 20 heavy (non-hydrogen) atoms. The third-order valence-electron chi connectivity index (χ3n) is 2.68. The first-order chi connectivity index (χ1) is 9.22. The SMILES string of the molecule is O=C(NCC1CCC(C(=O)O)O1)NCC(F)(F)C(F)F. The summed E-state index contributed by atoms with van der Waals surface area (Å²) >= 11 is 0. The molecule has 1 heterocycles. The van der Waals surface area contributed by atoms with Crippen molar-refractivity contribution in [2.75, 3.05) is 13.1 Å². The highest BCUT2D eigenvalue weighted by atomic mass is 19.3. The van der Waals surface area contributed by atoms with Crippen molar-refractivity contribution in [3.8, 4) is 0 Å². The molecular formula is C10H14F4N2O4. The van der Waals surface area contributed by atoms with Gasteiger partial charge in [-0.1, -0.05) is 0 Å². The van der Waals surface area contributed by atoms with Gasteiger partial charge in [0.1, 0.15) is 0 Å². The van der Waals surface area contributed by atoms with Crippen molar-refractivity contribution in [3.05, 3.63) is 0 Å². The zero-order chi connectivity index (χ0) is 15.3. The van der Waals surface area contributed by atoms with Crippen LogP contribution in [-0.2, 0) is 9.53 Å². The van der Waals surface area contributed by atoms with E-state index in [0.717, 1.165) is 0 Å². The van der Waals surface area contributed by atoms with Crippen LogP contribution in [0.5, 0.6) is 0 Å².